The van der Waals surface area contributed by atoms with Crippen LogP contribution in [-0.4, -0.2) is 21.4 Å². The van der Waals surface area contributed by atoms with Gasteiger partial charge in [0.25, 0.3) is 0 Å². The first-order chi connectivity index (χ1) is 14.8. The molecule has 2 aromatic heterocycles. The number of nitrogens with zero attached hydrogens (tertiary/aromatic N) is 4. The van der Waals surface area contributed by atoms with Crippen molar-refractivity contribution in [3.63, 3.8) is 0 Å². The van der Waals surface area contributed by atoms with Gasteiger partial charge in [0.2, 0.25) is 0 Å². The predicted octanol–water partition coefficient (Wildman–Crippen LogP) is 5.64. The fourth-order valence-corrected chi connectivity index (χ4v) is 4.74. The number of nitriles is 1. The molecule has 0 unspecified atom stereocenters. The Kier molecular flexibility index (Phi) is 5.14. The minimum absolute atomic E-state index is 0.309. The van der Waals surface area contributed by atoms with Gasteiger partial charge < -0.3 is 5.32 Å². The largest absolute Gasteiger partial charge is 0.316 e. The van der Waals surface area contributed by atoms with Crippen LogP contribution in [0.25, 0.3) is 10.8 Å². The molecule has 148 valence electrons. The van der Waals surface area contributed by atoms with Gasteiger partial charge in [-0.05, 0) is 53.9 Å². The van der Waals surface area contributed by atoms with Crippen LogP contribution in [0.1, 0.15) is 35.0 Å². The van der Waals surface area contributed by atoms with Crippen molar-refractivity contribution in [2.45, 2.75) is 25.4 Å². The van der Waals surface area contributed by atoms with Gasteiger partial charge in [0, 0.05) is 6.54 Å². The van der Waals surface area contributed by atoms with Gasteiger partial charge in [0.05, 0.1) is 17.9 Å². The van der Waals surface area contributed by atoms with E-state index in [1.807, 2.05) is 12.1 Å². The number of fused-ring (bicyclic) bond motifs is 1. The van der Waals surface area contributed by atoms with Crippen LogP contribution in [0.4, 0.5) is 10.9 Å². The van der Waals surface area contributed by atoms with E-state index >= 15 is 0 Å². The van der Waals surface area contributed by atoms with E-state index in [0.29, 0.717) is 16.1 Å². The molecule has 1 aliphatic rings. The van der Waals surface area contributed by atoms with Crippen molar-refractivity contribution in [3.8, 4) is 6.07 Å². The van der Waals surface area contributed by atoms with Crippen LogP contribution in [0.2, 0.25) is 0 Å². The van der Waals surface area contributed by atoms with Gasteiger partial charge in [-0.15, -0.1) is 0 Å². The minimum atomic E-state index is 0.309. The van der Waals surface area contributed by atoms with Crippen molar-refractivity contribution >= 4 is 33.1 Å². The van der Waals surface area contributed by atoms with Gasteiger partial charge in [-0.25, -0.2) is 9.97 Å². The van der Waals surface area contributed by atoms with Crippen LogP contribution in [0.5, 0.6) is 0 Å². The molecule has 1 aliphatic heterocycles. The molecule has 1 fully saturated rings. The quantitative estimate of drug-likeness (QED) is 0.460. The number of rotatable bonds is 5. The molecular formula is C24H21N5S. The highest BCUT2D eigenvalue weighted by molar-refractivity contribution is 7.16. The number of thiazole rings is 1. The standard InChI is InChI=1S/C24H21N5S/c25-14-20-15-26-24(30-20)28-23-9-3-7-21(27-23)22-8-4-12-29(22)16-17-10-11-18-5-1-2-6-19(18)13-17/h1-3,5-7,9-11,13,15,22H,4,8,12,16H2,(H,26,27,28)/t22-/m0/s1. The highest BCUT2D eigenvalue weighted by Crippen LogP contribution is 2.33. The Morgan fingerprint density at radius 1 is 1.10 bits per heavy atom. The SMILES string of the molecule is N#Cc1cnc(Nc2cccc([C@@H]3CCCN3Cc3ccc4ccccc4c3)n2)s1. The summed E-state index contributed by atoms with van der Waals surface area (Å²) in [5, 5.41) is 15.5. The Morgan fingerprint density at radius 3 is 2.87 bits per heavy atom. The van der Waals surface area contributed by atoms with E-state index in [2.05, 4.69) is 69.8 Å². The average molecular weight is 412 g/mol. The van der Waals surface area contributed by atoms with Crippen molar-refractivity contribution in [2.75, 3.05) is 11.9 Å². The zero-order valence-corrected chi connectivity index (χ0v) is 17.3. The maximum atomic E-state index is 8.98. The Bertz CT molecular complexity index is 1230. The molecule has 1 saturated heterocycles. The molecule has 5 rings (SSSR count). The Hall–Kier alpha value is -3.27. The second-order valence-electron chi connectivity index (χ2n) is 7.52. The summed E-state index contributed by atoms with van der Waals surface area (Å²) in [5.41, 5.74) is 2.41. The van der Waals surface area contributed by atoms with E-state index in [4.69, 9.17) is 10.2 Å². The third-order valence-electron chi connectivity index (χ3n) is 5.53. The highest BCUT2D eigenvalue weighted by atomic mass is 32.1. The zero-order chi connectivity index (χ0) is 20.3. The maximum Gasteiger partial charge on any atom is 0.189 e. The van der Waals surface area contributed by atoms with E-state index in [1.165, 1.54) is 34.1 Å². The Balaban J connectivity index is 1.34. The summed E-state index contributed by atoms with van der Waals surface area (Å²) < 4.78 is 0. The lowest BCUT2D eigenvalue weighted by Crippen LogP contribution is -2.23. The van der Waals surface area contributed by atoms with Gasteiger partial charge in [0.15, 0.2) is 5.13 Å². The maximum absolute atomic E-state index is 8.98. The number of likely N-dealkylation sites (tertiary alicyclic amines) is 1. The molecular weight excluding hydrogens is 390 g/mol. The smallest absolute Gasteiger partial charge is 0.189 e. The topological polar surface area (TPSA) is 64.8 Å². The molecule has 3 heterocycles. The number of benzene rings is 2. The molecule has 4 aromatic rings. The van der Waals surface area contributed by atoms with Crippen LogP contribution in [0, 0.1) is 11.3 Å². The summed E-state index contributed by atoms with van der Waals surface area (Å²) in [6.45, 7) is 2.00. The first kappa shape index (κ1) is 18.7. The molecule has 5 nitrogen and oxygen atoms in total. The molecule has 0 amide bonds. The summed E-state index contributed by atoms with van der Waals surface area (Å²) in [6, 6.07) is 23.8. The Morgan fingerprint density at radius 2 is 2.00 bits per heavy atom. The summed E-state index contributed by atoms with van der Waals surface area (Å²) in [6.07, 6.45) is 3.87. The lowest BCUT2D eigenvalue weighted by atomic mass is 10.1. The molecule has 0 spiro atoms. The van der Waals surface area contributed by atoms with Crippen molar-refractivity contribution < 1.29 is 0 Å². The normalized spacial score (nSPS) is 16.6. The predicted molar refractivity (Wildman–Crippen MR) is 121 cm³/mol. The summed E-state index contributed by atoms with van der Waals surface area (Å²) in [5.74, 6) is 0.767. The molecule has 0 bridgehead atoms. The van der Waals surface area contributed by atoms with E-state index in [0.717, 1.165) is 31.0 Å². The van der Waals surface area contributed by atoms with E-state index < -0.39 is 0 Å². The number of hydrogen-bond acceptors (Lipinski definition) is 6. The van der Waals surface area contributed by atoms with E-state index in [9.17, 15) is 0 Å². The molecule has 1 N–H and O–H groups in total. The monoisotopic (exact) mass is 411 g/mol. The summed E-state index contributed by atoms with van der Waals surface area (Å²) in [7, 11) is 0. The third-order valence-corrected chi connectivity index (χ3v) is 6.34. The van der Waals surface area contributed by atoms with Gasteiger partial charge in [-0.3, -0.25) is 4.90 Å². The van der Waals surface area contributed by atoms with Crippen molar-refractivity contribution in [3.05, 3.63) is 83.0 Å². The number of anilines is 2. The number of aromatic nitrogens is 2. The van der Waals surface area contributed by atoms with Gasteiger partial charge in [0.1, 0.15) is 16.8 Å². The number of hydrogen-bond donors (Lipinski definition) is 1. The molecule has 1 atom stereocenters. The van der Waals surface area contributed by atoms with Crippen LogP contribution in [0.3, 0.4) is 0 Å². The van der Waals surface area contributed by atoms with Gasteiger partial charge in [-0.1, -0.05) is 53.8 Å². The van der Waals surface area contributed by atoms with Crippen molar-refractivity contribution in [2.24, 2.45) is 0 Å². The van der Waals surface area contributed by atoms with Crippen molar-refractivity contribution in [1.29, 1.82) is 5.26 Å². The van der Waals surface area contributed by atoms with Crippen LogP contribution in [0.15, 0.2) is 66.9 Å². The van der Waals surface area contributed by atoms with E-state index in [-0.39, 0.29) is 0 Å². The fourth-order valence-electron chi connectivity index (χ4n) is 4.12. The molecule has 0 saturated carbocycles. The molecule has 6 heteroatoms. The first-order valence-corrected chi connectivity index (χ1v) is 10.9. The average Bonchev–Trinajstić information content (AvgIpc) is 3.43. The first-order valence-electron chi connectivity index (χ1n) is 10.1. The second kappa shape index (κ2) is 8.23. The molecule has 30 heavy (non-hydrogen) atoms. The zero-order valence-electron chi connectivity index (χ0n) is 16.5. The van der Waals surface area contributed by atoms with Crippen LogP contribution in [-0.2, 0) is 6.54 Å². The minimum Gasteiger partial charge on any atom is -0.316 e. The van der Waals surface area contributed by atoms with Gasteiger partial charge in [-0.2, -0.15) is 5.26 Å². The highest BCUT2D eigenvalue weighted by Gasteiger charge is 2.27. The Labute approximate surface area is 179 Å². The van der Waals surface area contributed by atoms with E-state index in [1.54, 1.807) is 6.20 Å². The van der Waals surface area contributed by atoms with Crippen LogP contribution < -0.4 is 5.32 Å². The molecule has 0 aliphatic carbocycles. The fraction of sp³-hybridized carbons (Fsp3) is 0.208. The second-order valence-corrected chi connectivity index (χ2v) is 8.55. The van der Waals surface area contributed by atoms with Crippen molar-refractivity contribution in [1.82, 2.24) is 14.9 Å². The third kappa shape index (κ3) is 3.90. The van der Waals surface area contributed by atoms with Gasteiger partial charge >= 0.3 is 0 Å². The van der Waals surface area contributed by atoms with Crippen LogP contribution >= 0.6 is 11.3 Å². The lowest BCUT2D eigenvalue weighted by Gasteiger charge is -2.24. The lowest BCUT2D eigenvalue weighted by molar-refractivity contribution is 0.244. The number of pyridine rings is 1. The molecule has 2 aromatic carbocycles. The number of nitrogens with one attached hydrogen (secondary N) is 1. The summed E-state index contributed by atoms with van der Waals surface area (Å²) >= 11 is 1.34. The molecule has 0 radical (unpaired) electrons. The summed E-state index contributed by atoms with van der Waals surface area (Å²) in [4.78, 5) is 12.2.